The lowest BCUT2D eigenvalue weighted by Crippen LogP contribution is -1.96. The minimum absolute atomic E-state index is 0.544. The van der Waals surface area contributed by atoms with E-state index in [4.69, 9.17) is 34.8 Å². The highest BCUT2D eigenvalue weighted by Crippen LogP contribution is 2.32. The molecule has 0 fully saturated rings. The van der Waals surface area contributed by atoms with Crippen molar-refractivity contribution in [2.24, 2.45) is 0 Å². The molecule has 2 aromatic rings. The maximum Gasteiger partial charge on any atom is 0.107 e. The second-order valence-corrected chi connectivity index (χ2v) is 6.72. The lowest BCUT2D eigenvalue weighted by atomic mass is 10.3. The van der Waals surface area contributed by atoms with Crippen molar-refractivity contribution in [2.45, 2.75) is 6.54 Å². The molecule has 1 heterocycles. The van der Waals surface area contributed by atoms with Gasteiger partial charge in [0.15, 0.2) is 0 Å². The van der Waals surface area contributed by atoms with E-state index in [1.54, 1.807) is 12.1 Å². The van der Waals surface area contributed by atoms with Crippen molar-refractivity contribution in [1.82, 2.24) is 0 Å². The molecule has 0 saturated carbocycles. The van der Waals surface area contributed by atoms with E-state index in [0.29, 0.717) is 16.6 Å². The van der Waals surface area contributed by atoms with Crippen LogP contribution < -0.4 is 5.32 Å². The molecule has 0 radical (unpaired) electrons. The molecule has 17 heavy (non-hydrogen) atoms. The summed E-state index contributed by atoms with van der Waals surface area (Å²) < 4.78 is 1.69. The van der Waals surface area contributed by atoms with Crippen LogP contribution in [-0.2, 0) is 6.54 Å². The van der Waals surface area contributed by atoms with Gasteiger partial charge in [-0.2, -0.15) is 0 Å². The molecular weight excluding hydrogens is 364 g/mol. The monoisotopic (exact) mass is 369 g/mol. The molecule has 1 N–H and O–H groups in total. The molecule has 2 rings (SSSR count). The van der Waals surface area contributed by atoms with Crippen LogP contribution in [0.25, 0.3) is 0 Å². The average Bonchev–Trinajstić information content (AvgIpc) is 2.60. The summed E-state index contributed by atoms with van der Waals surface area (Å²) in [5, 5.41) is 4.36. The van der Waals surface area contributed by atoms with Crippen LogP contribution in [0.4, 0.5) is 5.69 Å². The summed E-state index contributed by atoms with van der Waals surface area (Å²) in [6, 6.07) is 7.45. The molecule has 6 heteroatoms. The van der Waals surface area contributed by atoms with Gasteiger partial charge in [0.05, 0.1) is 10.0 Å². The van der Waals surface area contributed by atoms with Gasteiger partial charge < -0.3 is 5.32 Å². The molecule has 1 aromatic carbocycles. The molecule has 1 aromatic heterocycles. The summed E-state index contributed by atoms with van der Waals surface area (Å²) in [4.78, 5) is 1.15. The Morgan fingerprint density at radius 1 is 1.12 bits per heavy atom. The molecule has 0 unspecified atom stereocenters. The largest absolute Gasteiger partial charge is 0.380 e. The third-order valence-electron chi connectivity index (χ3n) is 2.08. The van der Waals surface area contributed by atoms with Crippen molar-refractivity contribution in [3.8, 4) is 0 Å². The quantitative estimate of drug-likeness (QED) is 0.689. The Morgan fingerprint density at radius 2 is 1.88 bits per heavy atom. The second kappa shape index (κ2) is 5.81. The van der Waals surface area contributed by atoms with Gasteiger partial charge in [0, 0.05) is 21.6 Å². The molecule has 0 aliphatic heterocycles. The lowest BCUT2D eigenvalue weighted by molar-refractivity contribution is 1.19. The predicted molar refractivity (Wildman–Crippen MR) is 80.8 cm³/mol. The van der Waals surface area contributed by atoms with Crippen LogP contribution in [0.3, 0.4) is 0 Å². The predicted octanol–water partition coefficient (Wildman–Crippen LogP) is 6.08. The van der Waals surface area contributed by atoms with Gasteiger partial charge >= 0.3 is 0 Å². The van der Waals surface area contributed by atoms with E-state index in [0.717, 1.165) is 19.4 Å². The SMILES string of the molecule is Clc1ccc(NCc2cc(Br)c(Cl)s2)cc1Cl. The zero-order valence-electron chi connectivity index (χ0n) is 8.44. The maximum absolute atomic E-state index is 5.96. The van der Waals surface area contributed by atoms with E-state index >= 15 is 0 Å². The number of hydrogen-bond acceptors (Lipinski definition) is 2. The van der Waals surface area contributed by atoms with Gasteiger partial charge in [-0.3, -0.25) is 0 Å². The van der Waals surface area contributed by atoms with Crippen molar-refractivity contribution >= 4 is 67.8 Å². The molecule has 90 valence electrons. The van der Waals surface area contributed by atoms with E-state index in [1.807, 2.05) is 12.1 Å². The standard InChI is InChI=1S/C11H7BrCl3NS/c12-8-4-7(17-11(8)15)5-16-6-1-2-9(13)10(14)3-6/h1-4,16H,5H2. The van der Waals surface area contributed by atoms with E-state index in [1.165, 1.54) is 11.3 Å². The molecule has 0 saturated heterocycles. The molecule has 0 aliphatic rings. The fourth-order valence-electron chi connectivity index (χ4n) is 1.27. The Hall–Kier alpha value is 0.0700. The second-order valence-electron chi connectivity index (χ2n) is 3.32. The van der Waals surface area contributed by atoms with Crippen LogP contribution in [-0.4, -0.2) is 0 Å². The van der Waals surface area contributed by atoms with E-state index in [2.05, 4.69) is 21.2 Å². The van der Waals surface area contributed by atoms with Gasteiger partial charge in [-0.1, -0.05) is 34.8 Å². The van der Waals surface area contributed by atoms with E-state index in [9.17, 15) is 0 Å². The maximum atomic E-state index is 5.96. The topological polar surface area (TPSA) is 12.0 Å². The zero-order chi connectivity index (χ0) is 12.4. The normalized spacial score (nSPS) is 10.6. The Bertz CT molecular complexity index is 522. The molecule has 0 aliphatic carbocycles. The van der Waals surface area contributed by atoms with E-state index < -0.39 is 0 Å². The third-order valence-corrected chi connectivity index (χ3v) is 5.30. The van der Waals surface area contributed by atoms with Crippen molar-refractivity contribution in [3.63, 3.8) is 0 Å². The van der Waals surface area contributed by atoms with Crippen LogP contribution in [0.5, 0.6) is 0 Å². The minimum Gasteiger partial charge on any atom is -0.380 e. The molecule has 1 nitrogen and oxygen atoms in total. The highest BCUT2D eigenvalue weighted by molar-refractivity contribution is 9.10. The number of halogens is 4. The highest BCUT2D eigenvalue weighted by Gasteiger charge is 2.05. The number of nitrogens with one attached hydrogen (secondary N) is 1. The Labute approximate surface area is 127 Å². The number of benzene rings is 1. The fraction of sp³-hybridized carbons (Fsp3) is 0.0909. The van der Waals surface area contributed by atoms with Crippen LogP contribution in [0.15, 0.2) is 28.7 Å². The van der Waals surface area contributed by atoms with Crippen LogP contribution in [0.2, 0.25) is 14.4 Å². The van der Waals surface area contributed by atoms with Gasteiger partial charge in [-0.15, -0.1) is 11.3 Å². The number of anilines is 1. The first-order chi connectivity index (χ1) is 8.06. The number of thiophene rings is 1. The van der Waals surface area contributed by atoms with Gasteiger partial charge in [0.2, 0.25) is 0 Å². The fourth-order valence-corrected chi connectivity index (χ4v) is 3.30. The van der Waals surface area contributed by atoms with Crippen LogP contribution in [0, 0.1) is 0 Å². The zero-order valence-corrected chi connectivity index (χ0v) is 13.1. The minimum atomic E-state index is 0.544. The number of hydrogen-bond donors (Lipinski definition) is 1. The first kappa shape index (κ1) is 13.5. The first-order valence-corrected chi connectivity index (χ1v) is 7.43. The van der Waals surface area contributed by atoms with Gasteiger partial charge in [0.1, 0.15) is 4.34 Å². The Kier molecular flexibility index (Phi) is 4.61. The molecule has 0 spiro atoms. The average molecular weight is 372 g/mol. The van der Waals surface area contributed by atoms with Gasteiger partial charge in [-0.25, -0.2) is 0 Å². The van der Waals surface area contributed by atoms with Gasteiger partial charge in [0.25, 0.3) is 0 Å². The summed E-state index contributed by atoms with van der Waals surface area (Å²) in [5.41, 5.74) is 0.931. The molecular formula is C11H7BrCl3NS. The van der Waals surface area contributed by atoms with Crippen LogP contribution >= 0.6 is 62.1 Å². The molecule has 0 atom stereocenters. The summed E-state index contributed by atoms with van der Waals surface area (Å²) >= 11 is 22.6. The Balaban J connectivity index is 2.04. The number of rotatable bonds is 3. The summed E-state index contributed by atoms with van der Waals surface area (Å²) in [7, 11) is 0. The smallest absolute Gasteiger partial charge is 0.107 e. The lowest BCUT2D eigenvalue weighted by Gasteiger charge is -2.05. The van der Waals surface area contributed by atoms with Crippen molar-refractivity contribution < 1.29 is 0 Å². The van der Waals surface area contributed by atoms with Crippen LogP contribution in [0.1, 0.15) is 4.88 Å². The highest BCUT2D eigenvalue weighted by atomic mass is 79.9. The van der Waals surface area contributed by atoms with Gasteiger partial charge in [-0.05, 0) is 40.2 Å². The molecule has 0 amide bonds. The molecule has 0 bridgehead atoms. The van der Waals surface area contributed by atoms with Crippen molar-refractivity contribution in [3.05, 3.63) is 48.0 Å². The summed E-state index contributed by atoms with van der Waals surface area (Å²) in [6.45, 7) is 0.702. The Morgan fingerprint density at radius 3 is 2.47 bits per heavy atom. The third kappa shape index (κ3) is 3.52. The first-order valence-electron chi connectivity index (χ1n) is 4.69. The summed E-state index contributed by atoms with van der Waals surface area (Å²) in [6.07, 6.45) is 0. The van der Waals surface area contributed by atoms with E-state index in [-0.39, 0.29) is 0 Å². The van der Waals surface area contributed by atoms with Crippen molar-refractivity contribution in [1.29, 1.82) is 0 Å². The van der Waals surface area contributed by atoms with Crippen molar-refractivity contribution in [2.75, 3.05) is 5.32 Å². The summed E-state index contributed by atoms with van der Waals surface area (Å²) in [5.74, 6) is 0.